The van der Waals surface area contributed by atoms with E-state index in [-0.39, 0.29) is 11.9 Å². The molecule has 0 aliphatic carbocycles. The second-order valence-electron chi connectivity index (χ2n) is 9.06. The number of hydrogen-bond donors (Lipinski definition) is 0. The summed E-state index contributed by atoms with van der Waals surface area (Å²) in [7, 11) is 0. The lowest BCUT2D eigenvalue weighted by molar-refractivity contribution is -0.141. The zero-order valence-corrected chi connectivity index (χ0v) is 19.6. The highest BCUT2D eigenvalue weighted by atomic mass is 16.7. The van der Waals surface area contributed by atoms with Crippen LogP contribution in [0.15, 0.2) is 60.7 Å². The molecule has 0 saturated carbocycles. The van der Waals surface area contributed by atoms with E-state index in [9.17, 15) is 4.79 Å². The zero-order valence-electron chi connectivity index (χ0n) is 19.6. The molecule has 170 valence electrons. The van der Waals surface area contributed by atoms with Crippen LogP contribution in [0.25, 0.3) is 21.8 Å². The molecule has 33 heavy (non-hydrogen) atoms. The Balaban J connectivity index is 1.39. The van der Waals surface area contributed by atoms with Gasteiger partial charge in [0.2, 0.25) is 0 Å². The molecule has 2 heterocycles. The maximum atomic E-state index is 13.4. The molecule has 4 aromatic rings. The Morgan fingerprint density at radius 3 is 2.58 bits per heavy atom. The maximum Gasteiger partial charge on any atom is 0.193 e. The average molecular weight is 444 g/mol. The van der Waals surface area contributed by atoms with Crippen LogP contribution in [0, 0.1) is 6.92 Å². The van der Waals surface area contributed by atoms with Gasteiger partial charge in [0, 0.05) is 39.5 Å². The molecule has 1 saturated heterocycles. The highest BCUT2D eigenvalue weighted by Gasteiger charge is 2.33. The van der Waals surface area contributed by atoms with Crippen LogP contribution >= 0.6 is 0 Å². The summed E-state index contributed by atoms with van der Waals surface area (Å²) in [5.74, 6) is 0.174. The second kappa shape index (κ2) is 8.32. The van der Waals surface area contributed by atoms with Crippen LogP contribution in [0.4, 0.5) is 0 Å². The number of rotatable bonds is 6. The normalized spacial score (nSPS) is 17.6. The van der Waals surface area contributed by atoms with Crippen LogP contribution in [-0.2, 0) is 16.0 Å². The van der Waals surface area contributed by atoms with Gasteiger partial charge in [-0.1, -0.05) is 18.2 Å². The molecule has 1 atom stereocenters. The third kappa shape index (κ3) is 4.03. The lowest BCUT2D eigenvalue weighted by Crippen LogP contribution is -2.25. The Morgan fingerprint density at radius 2 is 1.85 bits per heavy atom. The average Bonchev–Trinajstić information content (AvgIpc) is 3.33. The quantitative estimate of drug-likeness (QED) is 0.349. The SMILES string of the molecule is CCn1c2ccccc2c2cc(C(=O)c3ccc(OCC4COC(C)(C)O4)cc3C)ccc21. The first-order valence-corrected chi connectivity index (χ1v) is 11.5. The molecule has 5 heteroatoms. The molecule has 3 aromatic carbocycles. The fraction of sp³-hybridized carbons (Fsp3) is 0.321. The van der Waals surface area contributed by atoms with Gasteiger partial charge < -0.3 is 18.8 Å². The van der Waals surface area contributed by atoms with Crippen molar-refractivity contribution in [2.24, 2.45) is 0 Å². The zero-order chi connectivity index (χ0) is 23.2. The Hall–Kier alpha value is -3.15. The first kappa shape index (κ1) is 21.7. The van der Waals surface area contributed by atoms with E-state index in [1.165, 1.54) is 10.9 Å². The highest BCUT2D eigenvalue weighted by Crippen LogP contribution is 2.31. The molecule has 1 aliphatic heterocycles. The summed E-state index contributed by atoms with van der Waals surface area (Å²) in [5, 5.41) is 2.28. The number of para-hydroxylation sites is 1. The molecule has 0 spiro atoms. The fourth-order valence-corrected chi connectivity index (χ4v) is 4.71. The Bertz CT molecular complexity index is 1350. The van der Waals surface area contributed by atoms with Crippen molar-refractivity contribution in [1.29, 1.82) is 0 Å². The van der Waals surface area contributed by atoms with Gasteiger partial charge in [-0.2, -0.15) is 0 Å². The Kier molecular flexibility index (Phi) is 5.47. The number of nitrogens with zero attached hydrogens (tertiary/aromatic N) is 1. The van der Waals surface area contributed by atoms with Gasteiger partial charge in [-0.25, -0.2) is 0 Å². The van der Waals surface area contributed by atoms with E-state index in [0.717, 1.165) is 28.8 Å². The maximum absolute atomic E-state index is 13.4. The third-order valence-corrected chi connectivity index (χ3v) is 6.30. The summed E-state index contributed by atoms with van der Waals surface area (Å²) in [5.41, 5.74) is 4.60. The van der Waals surface area contributed by atoms with Crippen LogP contribution in [-0.4, -0.2) is 35.5 Å². The van der Waals surface area contributed by atoms with Gasteiger partial charge >= 0.3 is 0 Å². The van der Waals surface area contributed by atoms with E-state index >= 15 is 0 Å². The minimum atomic E-state index is -0.565. The Morgan fingerprint density at radius 1 is 1.06 bits per heavy atom. The van der Waals surface area contributed by atoms with Crippen molar-refractivity contribution < 1.29 is 19.0 Å². The van der Waals surface area contributed by atoms with E-state index < -0.39 is 5.79 Å². The minimum absolute atomic E-state index is 0.0172. The predicted molar refractivity (Wildman–Crippen MR) is 130 cm³/mol. The summed E-state index contributed by atoms with van der Waals surface area (Å²) >= 11 is 0. The topological polar surface area (TPSA) is 49.7 Å². The molecule has 5 nitrogen and oxygen atoms in total. The number of aromatic nitrogens is 1. The highest BCUT2D eigenvalue weighted by molar-refractivity contribution is 6.15. The number of hydrogen-bond acceptors (Lipinski definition) is 4. The van der Waals surface area contributed by atoms with E-state index in [0.29, 0.717) is 24.3 Å². The van der Waals surface area contributed by atoms with Gasteiger partial charge in [-0.05, 0) is 75.7 Å². The number of benzene rings is 3. The monoisotopic (exact) mass is 443 g/mol. The van der Waals surface area contributed by atoms with Gasteiger partial charge in [0.25, 0.3) is 0 Å². The lowest BCUT2D eigenvalue weighted by Gasteiger charge is -2.17. The molecule has 0 radical (unpaired) electrons. The van der Waals surface area contributed by atoms with Crippen molar-refractivity contribution in [2.75, 3.05) is 13.2 Å². The van der Waals surface area contributed by atoms with Gasteiger partial charge in [0.1, 0.15) is 18.5 Å². The van der Waals surface area contributed by atoms with Gasteiger partial charge in [0.05, 0.1) is 6.61 Å². The van der Waals surface area contributed by atoms with Crippen molar-refractivity contribution in [3.63, 3.8) is 0 Å². The Labute approximate surface area is 193 Å². The van der Waals surface area contributed by atoms with E-state index in [1.54, 1.807) is 0 Å². The van der Waals surface area contributed by atoms with Crippen molar-refractivity contribution in [3.8, 4) is 5.75 Å². The molecule has 0 bridgehead atoms. The van der Waals surface area contributed by atoms with Gasteiger partial charge in [-0.15, -0.1) is 0 Å². The molecule has 5 rings (SSSR count). The summed E-state index contributed by atoms with van der Waals surface area (Å²) < 4.78 is 19.6. The first-order valence-electron chi connectivity index (χ1n) is 11.5. The van der Waals surface area contributed by atoms with Crippen molar-refractivity contribution in [1.82, 2.24) is 4.57 Å². The van der Waals surface area contributed by atoms with Crippen LogP contribution in [0.5, 0.6) is 5.75 Å². The van der Waals surface area contributed by atoms with Crippen LogP contribution < -0.4 is 4.74 Å². The van der Waals surface area contributed by atoms with Crippen LogP contribution in [0.3, 0.4) is 0 Å². The summed E-state index contributed by atoms with van der Waals surface area (Å²) in [6.07, 6.45) is -0.0985. The van der Waals surface area contributed by atoms with E-state index in [2.05, 4.69) is 35.8 Å². The van der Waals surface area contributed by atoms with Crippen LogP contribution in [0.1, 0.15) is 42.3 Å². The van der Waals surface area contributed by atoms with E-state index in [1.807, 2.05) is 57.2 Å². The molecule has 1 unspecified atom stereocenters. The number of ketones is 1. The molecule has 0 N–H and O–H groups in total. The standard InChI is InChI=1S/C28H29NO4/c1-5-29-25-9-7-6-8-23(25)24-15-19(10-13-26(24)29)27(30)22-12-11-20(14-18(22)2)31-16-21-17-32-28(3,4)33-21/h6-15,21H,5,16-17H2,1-4H3. The number of carbonyl (C=O) groups excluding carboxylic acids is 1. The number of carbonyl (C=O) groups is 1. The summed E-state index contributed by atoms with van der Waals surface area (Å²) in [4.78, 5) is 13.4. The van der Waals surface area contributed by atoms with Crippen LogP contribution in [0.2, 0.25) is 0 Å². The lowest BCUT2D eigenvalue weighted by atomic mass is 9.97. The van der Waals surface area contributed by atoms with Crippen molar-refractivity contribution >= 4 is 27.6 Å². The molecule has 1 aromatic heterocycles. The van der Waals surface area contributed by atoms with E-state index in [4.69, 9.17) is 14.2 Å². The molecule has 1 aliphatic rings. The number of ether oxygens (including phenoxy) is 3. The summed E-state index contributed by atoms with van der Waals surface area (Å²) in [6.45, 7) is 9.69. The minimum Gasteiger partial charge on any atom is -0.491 e. The third-order valence-electron chi connectivity index (χ3n) is 6.30. The van der Waals surface area contributed by atoms with Crippen molar-refractivity contribution in [2.45, 2.75) is 46.1 Å². The molecule has 0 amide bonds. The smallest absolute Gasteiger partial charge is 0.193 e. The molecular weight excluding hydrogens is 414 g/mol. The van der Waals surface area contributed by atoms with Gasteiger partial charge in [-0.3, -0.25) is 4.79 Å². The molecule has 1 fully saturated rings. The van der Waals surface area contributed by atoms with Crippen molar-refractivity contribution in [3.05, 3.63) is 77.4 Å². The number of aryl methyl sites for hydroxylation is 2. The first-order chi connectivity index (χ1) is 15.9. The molecular formula is C28H29NO4. The fourth-order valence-electron chi connectivity index (χ4n) is 4.71. The second-order valence-corrected chi connectivity index (χ2v) is 9.06. The largest absolute Gasteiger partial charge is 0.491 e. The predicted octanol–water partition coefficient (Wildman–Crippen LogP) is 5.88. The van der Waals surface area contributed by atoms with Gasteiger partial charge in [0.15, 0.2) is 11.6 Å². The number of fused-ring (bicyclic) bond motifs is 3. The summed E-state index contributed by atoms with van der Waals surface area (Å²) in [6, 6.07) is 20.0.